The highest BCUT2D eigenvalue weighted by Gasteiger charge is 2.52. The van der Waals surface area contributed by atoms with Gasteiger partial charge in [-0.05, 0) is 91.0 Å². The molecule has 2 fully saturated rings. The molecule has 2 aliphatic carbocycles. The van der Waals surface area contributed by atoms with Crippen LogP contribution >= 0.6 is 0 Å². The second-order valence-corrected chi connectivity index (χ2v) is 12.0. The number of rotatable bonds is 10. The standard InChI is InChI=1S/C34H43N7O/c1-20(40-19-21(2)41-28(18-35)15-27-16-31(27)41)17-34(33(36)39-6)29-11-9-23(22(3)37-4)13-24(29)7-8-25-14-26(32(42)38-5)10-12-30(25)34/h9-14,20,27-28,31,37,40H,2-3,7-8,15-17,19H2,1,4-6H3,(H2,36,39)(H,38,42)/t20-,27+,28?,31-,34?/m0/s1. The van der Waals surface area contributed by atoms with E-state index in [4.69, 9.17) is 5.73 Å². The molecule has 0 bridgehead atoms. The number of nitrogens with one attached hydrogen (secondary N) is 3. The van der Waals surface area contributed by atoms with Gasteiger partial charge < -0.3 is 26.6 Å². The van der Waals surface area contributed by atoms with E-state index in [1.54, 1.807) is 14.1 Å². The minimum atomic E-state index is -0.713. The van der Waals surface area contributed by atoms with Crippen molar-refractivity contribution in [2.75, 3.05) is 27.7 Å². The third-order valence-corrected chi connectivity index (χ3v) is 9.50. The molecule has 8 nitrogen and oxygen atoms in total. The van der Waals surface area contributed by atoms with E-state index in [0.29, 0.717) is 36.3 Å². The number of amidine groups is 1. The van der Waals surface area contributed by atoms with Crippen LogP contribution < -0.4 is 21.7 Å². The lowest BCUT2D eigenvalue weighted by atomic mass is 9.67. The highest BCUT2D eigenvalue weighted by Crippen LogP contribution is 2.49. The van der Waals surface area contributed by atoms with Crippen molar-refractivity contribution in [3.63, 3.8) is 0 Å². The van der Waals surface area contributed by atoms with Crippen molar-refractivity contribution in [3.05, 3.63) is 88.6 Å². The topological polar surface area (TPSA) is 119 Å². The largest absolute Gasteiger partial charge is 0.388 e. The molecule has 2 aromatic carbocycles. The highest BCUT2D eigenvalue weighted by molar-refractivity contribution is 5.98. The maximum Gasteiger partial charge on any atom is 0.251 e. The number of likely N-dealkylation sites (tertiary alicyclic amines) is 1. The molecule has 220 valence electrons. The summed E-state index contributed by atoms with van der Waals surface area (Å²) in [6.45, 7) is 11.3. The van der Waals surface area contributed by atoms with Crippen LogP contribution in [0.3, 0.4) is 0 Å². The zero-order chi connectivity index (χ0) is 30.2. The minimum absolute atomic E-state index is 0.0320. The van der Waals surface area contributed by atoms with Gasteiger partial charge in [0.25, 0.3) is 5.91 Å². The number of carbonyl (C=O) groups is 1. The van der Waals surface area contributed by atoms with Gasteiger partial charge in [0.15, 0.2) is 0 Å². The molecule has 1 heterocycles. The molecule has 2 unspecified atom stereocenters. The summed E-state index contributed by atoms with van der Waals surface area (Å²) >= 11 is 0. The Balaban J connectivity index is 1.54. The highest BCUT2D eigenvalue weighted by atomic mass is 16.1. The van der Waals surface area contributed by atoms with Crippen LogP contribution in [0.5, 0.6) is 0 Å². The van der Waals surface area contributed by atoms with Gasteiger partial charge in [0.05, 0.1) is 11.5 Å². The van der Waals surface area contributed by atoms with Crippen LogP contribution in [0.1, 0.15) is 64.4 Å². The van der Waals surface area contributed by atoms with Gasteiger partial charge in [-0.15, -0.1) is 0 Å². The number of benzene rings is 2. The molecule has 5 N–H and O–H groups in total. The molecule has 42 heavy (non-hydrogen) atoms. The fraction of sp³-hybridized carbons (Fsp3) is 0.441. The van der Waals surface area contributed by atoms with Gasteiger partial charge >= 0.3 is 0 Å². The van der Waals surface area contributed by atoms with Gasteiger partial charge in [-0.3, -0.25) is 9.79 Å². The van der Waals surface area contributed by atoms with Gasteiger partial charge in [0.1, 0.15) is 11.9 Å². The van der Waals surface area contributed by atoms with E-state index >= 15 is 0 Å². The summed E-state index contributed by atoms with van der Waals surface area (Å²) in [6, 6.07) is 15.3. The molecule has 1 saturated carbocycles. The van der Waals surface area contributed by atoms with Crippen molar-refractivity contribution < 1.29 is 4.79 Å². The molecule has 0 spiro atoms. The average Bonchev–Trinajstić information content (AvgIpc) is 3.71. The van der Waals surface area contributed by atoms with Gasteiger partial charge in [-0.1, -0.05) is 31.4 Å². The summed E-state index contributed by atoms with van der Waals surface area (Å²) in [4.78, 5) is 19.4. The van der Waals surface area contributed by atoms with Crippen LogP contribution in [-0.2, 0) is 18.3 Å². The predicted molar refractivity (Wildman–Crippen MR) is 169 cm³/mol. The van der Waals surface area contributed by atoms with Crippen molar-refractivity contribution in [2.24, 2.45) is 16.6 Å². The Bertz CT molecular complexity index is 1420. The molecule has 1 aliphatic heterocycles. The number of hydrogen-bond acceptors (Lipinski definition) is 6. The first-order valence-electron chi connectivity index (χ1n) is 14.9. The molecular weight excluding hydrogens is 522 g/mol. The van der Waals surface area contributed by atoms with E-state index < -0.39 is 5.41 Å². The number of nitrogens with zero attached hydrogens (tertiary/aromatic N) is 3. The molecule has 5 rings (SSSR count). The average molecular weight is 566 g/mol. The molecule has 2 aromatic rings. The number of piperidine rings is 1. The summed E-state index contributed by atoms with van der Waals surface area (Å²) in [5.41, 5.74) is 14.2. The summed E-state index contributed by atoms with van der Waals surface area (Å²) in [5, 5.41) is 19.3. The predicted octanol–water partition coefficient (Wildman–Crippen LogP) is 3.48. The van der Waals surface area contributed by atoms with E-state index in [2.05, 4.69) is 76.3 Å². The number of nitrogens with two attached hydrogens (primary N) is 1. The summed E-state index contributed by atoms with van der Waals surface area (Å²) < 4.78 is 0. The molecule has 8 heteroatoms. The van der Waals surface area contributed by atoms with E-state index in [9.17, 15) is 10.1 Å². The number of aliphatic imine (C=N–C) groups is 1. The fourth-order valence-electron chi connectivity index (χ4n) is 7.20. The van der Waals surface area contributed by atoms with Crippen molar-refractivity contribution in [1.82, 2.24) is 20.9 Å². The number of fused-ring (bicyclic) bond motifs is 3. The molecule has 3 aliphatic rings. The monoisotopic (exact) mass is 565 g/mol. The second-order valence-electron chi connectivity index (χ2n) is 12.0. The molecule has 1 saturated heterocycles. The van der Waals surface area contributed by atoms with Crippen LogP contribution in [0, 0.1) is 17.2 Å². The third kappa shape index (κ3) is 5.07. The first-order chi connectivity index (χ1) is 20.2. The van der Waals surface area contributed by atoms with Crippen LogP contribution in [0.15, 0.2) is 60.2 Å². The van der Waals surface area contributed by atoms with Crippen molar-refractivity contribution >= 4 is 17.4 Å². The summed E-state index contributed by atoms with van der Waals surface area (Å²) in [5.74, 6) is 1.06. The Labute approximate surface area is 249 Å². The lowest BCUT2D eigenvalue weighted by Gasteiger charge is -2.39. The summed E-state index contributed by atoms with van der Waals surface area (Å²) in [6.07, 6.45) is 4.33. The lowest BCUT2D eigenvalue weighted by molar-refractivity contribution is 0.0963. The van der Waals surface area contributed by atoms with E-state index in [1.807, 2.05) is 19.2 Å². The van der Waals surface area contributed by atoms with Gasteiger partial charge in [0.2, 0.25) is 0 Å². The first kappa shape index (κ1) is 29.4. The number of amides is 1. The fourth-order valence-corrected chi connectivity index (χ4v) is 7.20. The Morgan fingerprint density at radius 2 is 1.76 bits per heavy atom. The summed E-state index contributed by atoms with van der Waals surface area (Å²) in [7, 11) is 5.28. The number of carbonyl (C=O) groups excluding carboxylic acids is 1. The van der Waals surface area contributed by atoms with Crippen LogP contribution in [0.4, 0.5) is 0 Å². The van der Waals surface area contributed by atoms with E-state index in [1.165, 1.54) is 5.56 Å². The van der Waals surface area contributed by atoms with Crippen LogP contribution in [-0.4, -0.2) is 62.5 Å². The molecule has 5 atom stereocenters. The Morgan fingerprint density at radius 1 is 1.12 bits per heavy atom. The zero-order valence-electron chi connectivity index (χ0n) is 25.3. The second kappa shape index (κ2) is 11.7. The minimum Gasteiger partial charge on any atom is -0.388 e. The lowest BCUT2D eigenvalue weighted by Crippen LogP contribution is -2.48. The third-order valence-electron chi connectivity index (χ3n) is 9.50. The Hall–Kier alpha value is -4.09. The molecule has 0 aromatic heterocycles. The SMILES string of the molecule is C=C(NC)c1ccc2c(c1)CCc1cc(C(=O)NC)ccc1C2(C[C@H](C)NCC(=C)N1C(C#N)C[C@@H]2C[C@@H]21)C(N)=NC. The smallest absolute Gasteiger partial charge is 0.251 e. The van der Waals surface area contributed by atoms with Crippen molar-refractivity contribution in [3.8, 4) is 6.07 Å². The van der Waals surface area contributed by atoms with E-state index in [0.717, 1.165) is 59.3 Å². The number of nitriles is 1. The van der Waals surface area contributed by atoms with Gasteiger partial charge in [0, 0.05) is 56.7 Å². The van der Waals surface area contributed by atoms with E-state index in [-0.39, 0.29) is 18.0 Å². The van der Waals surface area contributed by atoms with Crippen molar-refractivity contribution in [2.45, 2.75) is 62.6 Å². The number of hydrogen-bond donors (Lipinski definition) is 4. The Kier molecular flexibility index (Phi) is 8.16. The van der Waals surface area contributed by atoms with Crippen LogP contribution in [0.2, 0.25) is 0 Å². The molecule has 1 amide bonds. The van der Waals surface area contributed by atoms with Crippen LogP contribution in [0.25, 0.3) is 5.70 Å². The maximum atomic E-state index is 12.6. The number of aryl methyl sites for hydroxylation is 2. The first-order valence-corrected chi connectivity index (χ1v) is 14.9. The maximum absolute atomic E-state index is 12.6. The molecule has 0 radical (unpaired) electrons. The van der Waals surface area contributed by atoms with Crippen molar-refractivity contribution in [1.29, 1.82) is 5.26 Å². The van der Waals surface area contributed by atoms with Gasteiger partial charge in [-0.25, -0.2) is 0 Å². The normalized spacial score (nSPS) is 24.8. The quantitative estimate of drug-likeness (QED) is 0.259. The van der Waals surface area contributed by atoms with Gasteiger partial charge in [-0.2, -0.15) is 5.26 Å². The molecular formula is C34H43N7O. The Morgan fingerprint density at radius 3 is 2.36 bits per heavy atom. The zero-order valence-corrected chi connectivity index (χ0v) is 25.3.